The summed E-state index contributed by atoms with van der Waals surface area (Å²) >= 11 is 0. The van der Waals surface area contributed by atoms with Crippen LogP contribution in [0.4, 0.5) is 0 Å². The number of nitrogens with zero attached hydrogens (tertiary/aromatic N) is 3. The van der Waals surface area contributed by atoms with Crippen LogP contribution in [-0.2, 0) is 13.0 Å². The highest BCUT2D eigenvalue weighted by molar-refractivity contribution is 5.42. The van der Waals surface area contributed by atoms with Gasteiger partial charge in [0.2, 0.25) is 0 Å². The smallest absolute Gasteiger partial charge is 0.106 e. The molecule has 1 unspecified atom stereocenters. The van der Waals surface area contributed by atoms with E-state index in [4.69, 9.17) is 0 Å². The molecule has 1 atom stereocenters. The van der Waals surface area contributed by atoms with Crippen LogP contribution in [0.2, 0.25) is 0 Å². The Morgan fingerprint density at radius 1 is 1.26 bits per heavy atom. The number of benzene rings is 1. The van der Waals surface area contributed by atoms with Gasteiger partial charge in [-0.3, -0.25) is 0 Å². The van der Waals surface area contributed by atoms with Crippen LogP contribution in [0.25, 0.3) is 5.69 Å². The summed E-state index contributed by atoms with van der Waals surface area (Å²) in [4.78, 5) is 7.96. The van der Waals surface area contributed by atoms with E-state index < -0.39 is 0 Å². The molecule has 0 spiro atoms. The molecule has 5 heteroatoms. The fourth-order valence-corrected chi connectivity index (χ4v) is 2.74. The van der Waals surface area contributed by atoms with Gasteiger partial charge in [0, 0.05) is 37.1 Å². The van der Waals surface area contributed by atoms with Crippen LogP contribution >= 0.6 is 0 Å². The van der Waals surface area contributed by atoms with Crippen molar-refractivity contribution in [1.29, 1.82) is 0 Å². The lowest BCUT2D eigenvalue weighted by Crippen LogP contribution is -2.20. The van der Waals surface area contributed by atoms with Gasteiger partial charge in [0.15, 0.2) is 0 Å². The summed E-state index contributed by atoms with van der Waals surface area (Å²) in [6.45, 7) is 7.10. The van der Waals surface area contributed by atoms with Crippen molar-refractivity contribution in [2.75, 3.05) is 0 Å². The third-order valence-electron chi connectivity index (χ3n) is 4.10. The van der Waals surface area contributed by atoms with Gasteiger partial charge < -0.3 is 10.3 Å². The van der Waals surface area contributed by atoms with E-state index in [-0.39, 0.29) is 6.04 Å². The minimum atomic E-state index is 0.205. The van der Waals surface area contributed by atoms with E-state index >= 15 is 0 Å². The zero-order valence-electron chi connectivity index (χ0n) is 13.9. The summed E-state index contributed by atoms with van der Waals surface area (Å²) in [5.74, 6) is 1.05. The normalized spacial score (nSPS) is 12.5. The van der Waals surface area contributed by atoms with Crippen LogP contribution in [0.1, 0.15) is 42.7 Å². The Balaban J connectivity index is 1.76. The molecule has 120 valence electrons. The molecule has 2 N–H and O–H groups in total. The fourth-order valence-electron chi connectivity index (χ4n) is 2.74. The number of imidazole rings is 1. The summed E-state index contributed by atoms with van der Waals surface area (Å²) < 4.78 is 1.91. The molecular formula is C18H23N5. The minimum absolute atomic E-state index is 0.205. The minimum Gasteiger partial charge on any atom is -0.346 e. The number of rotatable bonds is 6. The van der Waals surface area contributed by atoms with E-state index in [1.165, 1.54) is 5.56 Å². The fraction of sp³-hybridized carbons (Fsp3) is 0.333. The van der Waals surface area contributed by atoms with Crippen LogP contribution in [0.3, 0.4) is 0 Å². The number of hydrogen-bond donors (Lipinski definition) is 2. The van der Waals surface area contributed by atoms with Crippen molar-refractivity contribution < 1.29 is 0 Å². The van der Waals surface area contributed by atoms with Crippen LogP contribution < -0.4 is 5.32 Å². The molecule has 0 fully saturated rings. The second-order valence-corrected chi connectivity index (χ2v) is 5.72. The number of H-pyrrole nitrogens is 1. The molecule has 0 saturated heterocycles. The molecule has 0 aliphatic carbocycles. The van der Waals surface area contributed by atoms with Gasteiger partial charge in [-0.25, -0.2) is 9.67 Å². The first-order chi connectivity index (χ1) is 11.2. The van der Waals surface area contributed by atoms with Gasteiger partial charge in [0.25, 0.3) is 0 Å². The maximum Gasteiger partial charge on any atom is 0.106 e. The number of aryl methyl sites for hydroxylation is 2. The molecule has 23 heavy (non-hydrogen) atoms. The number of aromatic amines is 1. The van der Waals surface area contributed by atoms with Crippen molar-refractivity contribution in [2.24, 2.45) is 0 Å². The topological polar surface area (TPSA) is 58.5 Å². The maximum absolute atomic E-state index is 4.63. The first-order valence-corrected chi connectivity index (χ1v) is 8.05. The molecule has 5 nitrogen and oxygen atoms in total. The molecule has 0 saturated carbocycles. The standard InChI is InChI=1S/C18H23N5/c1-4-18-21-14(3)16(22-18)12-19-13(2)15-8-5-6-9-17(15)23-11-7-10-20-23/h5-11,13,19H,4,12H2,1-3H3,(H,21,22). The van der Waals surface area contributed by atoms with Crippen LogP contribution in [0.5, 0.6) is 0 Å². The summed E-state index contributed by atoms with van der Waals surface area (Å²) in [5.41, 5.74) is 4.55. The predicted molar refractivity (Wildman–Crippen MR) is 91.5 cm³/mol. The highest BCUT2D eigenvalue weighted by Gasteiger charge is 2.13. The van der Waals surface area contributed by atoms with Gasteiger partial charge >= 0.3 is 0 Å². The summed E-state index contributed by atoms with van der Waals surface area (Å²) in [6.07, 6.45) is 4.70. The average molecular weight is 309 g/mol. The lowest BCUT2D eigenvalue weighted by molar-refractivity contribution is 0.563. The molecule has 3 rings (SSSR count). The molecule has 0 amide bonds. The highest BCUT2D eigenvalue weighted by Crippen LogP contribution is 2.21. The number of para-hydroxylation sites is 1. The maximum atomic E-state index is 4.63. The zero-order valence-corrected chi connectivity index (χ0v) is 13.9. The van der Waals surface area contributed by atoms with E-state index in [2.05, 4.69) is 59.4 Å². The monoisotopic (exact) mass is 309 g/mol. The van der Waals surface area contributed by atoms with Gasteiger partial charge in [-0.15, -0.1) is 0 Å². The Morgan fingerprint density at radius 3 is 2.78 bits per heavy atom. The first kappa shape index (κ1) is 15.5. The van der Waals surface area contributed by atoms with E-state index in [0.29, 0.717) is 0 Å². The lowest BCUT2D eigenvalue weighted by Gasteiger charge is -2.17. The Kier molecular flexibility index (Phi) is 4.57. The van der Waals surface area contributed by atoms with Crippen LogP contribution in [0, 0.1) is 6.92 Å². The second kappa shape index (κ2) is 6.79. The molecule has 2 aromatic heterocycles. The Labute approximate surface area is 136 Å². The average Bonchev–Trinajstić information content (AvgIpc) is 3.22. The SMILES string of the molecule is CCc1nc(CNC(C)c2ccccc2-n2cccn2)c(C)[nH]1. The second-order valence-electron chi connectivity index (χ2n) is 5.72. The van der Waals surface area contributed by atoms with E-state index in [1.807, 2.05) is 23.0 Å². The van der Waals surface area contributed by atoms with Crippen molar-refractivity contribution in [3.63, 3.8) is 0 Å². The number of aromatic nitrogens is 4. The van der Waals surface area contributed by atoms with Crippen molar-refractivity contribution in [3.8, 4) is 5.69 Å². The molecule has 0 radical (unpaired) electrons. The largest absolute Gasteiger partial charge is 0.346 e. The molecule has 0 aliphatic rings. The van der Waals surface area contributed by atoms with Gasteiger partial charge in [-0.2, -0.15) is 5.10 Å². The number of nitrogens with one attached hydrogen (secondary N) is 2. The number of hydrogen-bond acceptors (Lipinski definition) is 3. The molecule has 3 aromatic rings. The van der Waals surface area contributed by atoms with Crippen molar-refractivity contribution in [1.82, 2.24) is 25.1 Å². The molecular weight excluding hydrogens is 286 g/mol. The van der Waals surface area contributed by atoms with E-state index in [9.17, 15) is 0 Å². The van der Waals surface area contributed by atoms with Crippen LogP contribution in [-0.4, -0.2) is 19.7 Å². The summed E-state index contributed by atoms with van der Waals surface area (Å²) in [5, 5.41) is 7.92. The van der Waals surface area contributed by atoms with E-state index in [1.54, 1.807) is 6.20 Å². The van der Waals surface area contributed by atoms with Crippen LogP contribution in [0.15, 0.2) is 42.7 Å². The zero-order chi connectivity index (χ0) is 16.2. The Hall–Kier alpha value is -2.40. The third kappa shape index (κ3) is 3.35. The molecule has 2 heterocycles. The summed E-state index contributed by atoms with van der Waals surface area (Å²) in [6, 6.07) is 10.5. The van der Waals surface area contributed by atoms with Crippen molar-refractivity contribution in [2.45, 2.75) is 39.8 Å². The Morgan fingerprint density at radius 2 is 2.09 bits per heavy atom. The molecule has 1 aromatic carbocycles. The first-order valence-electron chi connectivity index (χ1n) is 8.05. The lowest BCUT2D eigenvalue weighted by atomic mass is 10.1. The van der Waals surface area contributed by atoms with Gasteiger partial charge in [0.1, 0.15) is 5.82 Å². The van der Waals surface area contributed by atoms with Gasteiger partial charge in [-0.05, 0) is 31.5 Å². The van der Waals surface area contributed by atoms with Crippen molar-refractivity contribution >= 4 is 0 Å². The summed E-state index contributed by atoms with van der Waals surface area (Å²) in [7, 11) is 0. The van der Waals surface area contributed by atoms with Gasteiger partial charge in [0.05, 0.1) is 11.4 Å². The Bertz CT molecular complexity index is 758. The third-order valence-corrected chi connectivity index (χ3v) is 4.10. The molecule has 0 aliphatic heterocycles. The van der Waals surface area contributed by atoms with Crippen molar-refractivity contribution in [3.05, 3.63) is 65.5 Å². The van der Waals surface area contributed by atoms with E-state index in [0.717, 1.165) is 35.9 Å². The van der Waals surface area contributed by atoms with Gasteiger partial charge in [-0.1, -0.05) is 25.1 Å². The quantitative estimate of drug-likeness (QED) is 0.734. The molecule has 0 bridgehead atoms. The highest BCUT2D eigenvalue weighted by atomic mass is 15.3. The predicted octanol–water partition coefficient (Wildman–Crippen LogP) is 3.32.